The molecule has 0 atom stereocenters. The third-order valence-corrected chi connectivity index (χ3v) is 3.47. The summed E-state index contributed by atoms with van der Waals surface area (Å²) >= 11 is 0. The fraction of sp³-hybridized carbons (Fsp3) is 0.238. The molecule has 0 saturated heterocycles. The molecule has 2 aromatic rings. The maximum absolute atomic E-state index is 12.4. The highest BCUT2D eigenvalue weighted by Gasteiger charge is 2.12. The SMILES string of the molecule is COc1cc(/C=C(\C#N)C(=O)c2ccccc2)ccc1OCC(C)C. The van der Waals surface area contributed by atoms with Crippen molar-refractivity contribution in [3.8, 4) is 17.6 Å². The fourth-order valence-corrected chi connectivity index (χ4v) is 2.21. The molecule has 2 aromatic carbocycles. The van der Waals surface area contributed by atoms with Crippen LogP contribution >= 0.6 is 0 Å². The zero-order valence-corrected chi connectivity index (χ0v) is 14.7. The van der Waals surface area contributed by atoms with Crippen LogP contribution in [0.2, 0.25) is 0 Å². The molecular formula is C21H21NO3. The van der Waals surface area contributed by atoms with E-state index in [1.54, 1.807) is 55.7 Å². The predicted molar refractivity (Wildman–Crippen MR) is 97.7 cm³/mol. The van der Waals surface area contributed by atoms with Crippen LogP contribution in [0.5, 0.6) is 11.5 Å². The molecule has 0 aliphatic rings. The zero-order chi connectivity index (χ0) is 18.2. The first kappa shape index (κ1) is 18.3. The van der Waals surface area contributed by atoms with Gasteiger partial charge < -0.3 is 9.47 Å². The quantitative estimate of drug-likeness (QED) is 0.424. The molecule has 0 heterocycles. The van der Waals surface area contributed by atoms with Crippen LogP contribution < -0.4 is 9.47 Å². The summed E-state index contributed by atoms with van der Waals surface area (Å²) in [6.45, 7) is 4.72. The summed E-state index contributed by atoms with van der Waals surface area (Å²) in [6.07, 6.45) is 1.56. The number of carbonyl (C=O) groups excluding carboxylic acids is 1. The van der Waals surface area contributed by atoms with Crippen molar-refractivity contribution in [2.24, 2.45) is 5.92 Å². The number of nitriles is 1. The van der Waals surface area contributed by atoms with E-state index in [0.29, 0.717) is 35.2 Å². The summed E-state index contributed by atoms with van der Waals surface area (Å²) in [4.78, 5) is 12.4. The second-order valence-electron chi connectivity index (χ2n) is 5.98. The highest BCUT2D eigenvalue weighted by molar-refractivity contribution is 6.14. The Balaban J connectivity index is 2.29. The van der Waals surface area contributed by atoms with Crippen LogP contribution in [0.25, 0.3) is 6.08 Å². The van der Waals surface area contributed by atoms with Gasteiger partial charge >= 0.3 is 0 Å². The molecule has 2 rings (SSSR count). The zero-order valence-electron chi connectivity index (χ0n) is 14.7. The molecule has 0 amide bonds. The number of carbonyl (C=O) groups is 1. The van der Waals surface area contributed by atoms with Crippen LogP contribution in [-0.4, -0.2) is 19.5 Å². The number of hydrogen-bond acceptors (Lipinski definition) is 4. The monoisotopic (exact) mass is 335 g/mol. The molecule has 0 radical (unpaired) electrons. The second kappa shape index (κ2) is 8.70. The predicted octanol–water partition coefficient (Wildman–Crippen LogP) is 4.52. The van der Waals surface area contributed by atoms with E-state index in [0.717, 1.165) is 0 Å². The summed E-state index contributed by atoms with van der Waals surface area (Å²) in [5.41, 5.74) is 1.26. The van der Waals surface area contributed by atoms with Crippen LogP contribution in [0, 0.1) is 17.2 Å². The average molecular weight is 335 g/mol. The number of Topliss-reactive ketones (excluding diaryl/α,β-unsaturated/α-hetero) is 1. The lowest BCUT2D eigenvalue weighted by Gasteiger charge is -2.13. The Morgan fingerprint density at radius 3 is 2.48 bits per heavy atom. The maximum atomic E-state index is 12.4. The van der Waals surface area contributed by atoms with Gasteiger partial charge in [-0.05, 0) is 29.7 Å². The van der Waals surface area contributed by atoms with E-state index < -0.39 is 0 Å². The van der Waals surface area contributed by atoms with Crippen molar-refractivity contribution in [3.05, 3.63) is 65.2 Å². The van der Waals surface area contributed by atoms with Gasteiger partial charge in [-0.15, -0.1) is 0 Å². The Morgan fingerprint density at radius 2 is 1.88 bits per heavy atom. The Kier molecular flexibility index (Phi) is 6.36. The van der Waals surface area contributed by atoms with Crippen molar-refractivity contribution in [1.29, 1.82) is 5.26 Å². The van der Waals surface area contributed by atoms with Gasteiger partial charge in [0.25, 0.3) is 0 Å². The Morgan fingerprint density at radius 1 is 1.16 bits per heavy atom. The smallest absolute Gasteiger partial charge is 0.203 e. The minimum absolute atomic E-state index is 0.0732. The summed E-state index contributed by atoms with van der Waals surface area (Å²) < 4.78 is 11.1. The summed E-state index contributed by atoms with van der Waals surface area (Å²) in [5, 5.41) is 9.35. The molecule has 0 aliphatic heterocycles. The number of hydrogen-bond donors (Lipinski definition) is 0. The summed E-state index contributed by atoms with van der Waals surface area (Å²) in [6, 6.07) is 16.1. The fourth-order valence-electron chi connectivity index (χ4n) is 2.21. The molecule has 0 bridgehead atoms. The average Bonchev–Trinajstić information content (AvgIpc) is 2.64. The minimum atomic E-state index is -0.304. The van der Waals surface area contributed by atoms with Gasteiger partial charge in [-0.3, -0.25) is 4.79 Å². The number of allylic oxidation sites excluding steroid dienone is 1. The van der Waals surface area contributed by atoms with Gasteiger partial charge in [0, 0.05) is 5.56 Å². The minimum Gasteiger partial charge on any atom is -0.493 e. The van der Waals surface area contributed by atoms with Crippen LogP contribution in [0.1, 0.15) is 29.8 Å². The lowest BCUT2D eigenvalue weighted by Crippen LogP contribution is -2.05. The van der Waals surface area contributed by atoms with Crippen LogP contribution in [0.3, 0.4) is 0 Å². The second-order valence-corrected chi connectivity index (χ2v) is 5.98. The van der Waals surface area contributed by atoms with Crippen LogP contribution in [-0.2, 0) is 0 Å². The number of nitrogens with zero attached hydrogens (tertiary/aromatic N) is 1. The van der Waals surface area contributed by atoms with E-state index in [9.17, 15) is 10.1 Å². The lowest BCUT2D eigenvalue weighted by molar-refractivity contribution is 0.104. The maximum Gasteiger partial charge on any atom is 0.203 e. The first-order valence-electron chi connectivity index (χ1n) is 8.07. The Labute approximate surface area is 148 Å². The number of ketones is 1. The van der Waals surface area contributed by atoms with Gasteiger partial charge in [0.1, 0.15) is 11.6 Å². The molecule has 0 saturated carbocycles. The lowest BCUT2D eigenvalue weighted by atomic mass is 10.0. The van der Waals surface area contributed by atoms with Gasteiger partial charge in [-0.25, -0.2) is 0 Å². The molecule has 0 N–H and O–H groups in total. The van der Waals surface area contributed by atoms with Gasteiger partial charge in [0.15, 0.2) is 11.5 Å². The summed E-state index contributed by atoms with van der Waals surface area (Å²) in [7, 11) is 1.56. The molecule has 0 aromatic heterocycles. The largest absolute Gasteiger partial charge is 0.493 e. The first-order valence-corrected chi connectivity index (χ1v) is 8.07. The molecule has 0 spiro atoms. The van der Waals surface area contributed by atoms with Gasteiger partial charge in [0.05, 0.1) is 13.7 Å². The number of methoxy groups -OCH3 is 1. The van der Waals surface area contributed by atoms with Gasteiger partial charge in [-0.1, -0.05) is 50.2 Å². The Hall–Kier alpha value is -3.06. The van der Waals surface area contributed by atoms with E-state index in [4.69, 9.17) is 9.47 Å². The Bertz CT molecular complexity index is 802. The van der Waals surface area contributed by atoms with E-state index in [1.807, 2.05) is 12.1 Å². The first-order chi connectivity index (χ1) is 12.0. The molecular weight excluding hydrogens is 314 g/mol. The molecule has 0 unspecified atom stereocenters. The van der Waals surface area contributed by atoms with E-state index in [2.05, 4.69) is 13.8 Å². The summed E-state index contributed by atoms with van der Waals surface area (Å²) in [5.74, 6) is 1.31. The van der Waals surface area contributed by atoms with Crippen molar-refractivity contribution < 1.29 is 14.3 Å². The highest BCUT2D eigenvalue weighted by Crippen LogP contribution is 2.29. The molecule has 4 heteroatoms. The van der Waals surface area contributed by atoms with Crippen molar-refractivity contribution in [3.63, 3.8) is 0 Å². The molecule has 0 fully saturated rings. The van der Waals surface area contributed by atoms with E-state index in [1.165, 1.54) is 0 Å². The number of rotatable bonds is 7. The van der Waals surface area contributed by atoms with Crippen molar-refractivity contribution in [2.75, 3.05) is 13.7 Å². The normalized spacial score (nSPS) is 11.1. The number of benzene rings is 2. The topological polar surface area (TPSA) is 59.3 Å². The third-order valence-electron chi connectivity index (χ3n) is 3.47. The van der Waals surface area contributed by atoms with Crippen molar-refractivity contribution >= 4 is 11.9 Å². The van der Waals surface area contributed by atoms with Gasteiger partial charge in [0.2, 0.25) is 5.78 Å². The standard InChI is InChI=1S/C21H21NO3/c1-15(2)14-25-19-10-9-16(12-20(19)24-3)11-18(13-22)21(23)17-7-5-4-6-8-17/h4-12,15H,14H2,1-3H3/b18-11+. The van der Waals surface area contributed by atoms with Crippen LogP contribution in [0.15, 0.2) is 54.1 Å². The molecule has 25 heavy (non-hydrogen) atoms. The third kappa shape index (κ3) is 4.95. The molecule has 4 nitrogen and oxygen atoms in total. The van der Waals surface area contributed by atoms with Crippen molar-refractivity contribution in [2.45, 2.75) is 13.8 Å². The molecule has 0 aliphatic carbocycles. The van der Waals surface area contributed by atoms with E-state index in [-0.39, 0.29) is 11.4 Å². The van der Waals surface area contributed by atoms with Crippen LogP contribution in [0.4, 0.5) is 0 Å². The van der Waals surface area contributed by atoms with E-state index >= 15 is 0 Å². The highest BCUT2D eigenvalue weighted by atomic mass is 16.5. The van der Waals surface area contributed by atoms with Gasteiger partial charge in [-0.2, -0.15) is 5.26 Å². The molecule has 128 valence electrons. The number of ether oxygens (including phenoxy) is 2. The van der Waals surface area contributed by atoms with Crippen molar-refractivity contribution in [1.82, 2.24) is 0 Å².